The maximum Gasteiger partial charge on any atom is 0.250 e. The van der Waals surface area contributed by atoms with Crippen LogP contribution in [0, 0.1) is 5.92 Å². The molecule has 1 aliphatic rings. The first-order valence-electron chi connectivity index (χ1n) is 6.84. The first kappa shape index (κ1) is 15.0. The van der Waals surface area contributed by atoms with Gasteiger partial charge in [0.1, 0.15) is 12.1 Å². The Kier molecular flexibility index (Phi) is 4.48. The molecular formula is C15H19BrN2O2. The number of carbonyl (C=O) groups excluding carboxylic acids is 2. The van der Waals surface area contributed by atoms with E-state index in [2.05, 4.69) is 21.2 Å². The van der Waals surface area contributed by atoms with Gasteiger partial charge in [0, 0.05) is 10.2 Å². The summed E-state index contributed by atoms with van der Waals surface area (Å²) in [4.78, 5) is 26.6. The molecule has 2 atom stereocenters. The quantitative estimate of drug-likeness (QED) is 0.921. The molecule has 0 aliphatic carbocycles. The SMILES string of the molecule is CCC1NC(=O)C(C(C)C)N(c2cccc(Br)c2)C1=O. The Balaban J connectivity index is 2.47. The minimum absolute atomic E-state index is 0.0381. The van der Waals surface area contributed by atoms with Gasteiger partial charge in [-0.05, 0) is 30.5 Å². The fraction of sp³-hybridized carbons (Fsp3) is 0.467. The lowest BCUT2D eigenvalue weighted by molar-refractivity contribution is -0.134. The summed E-state index contributed by atoms with van der Waals surface area (Å²) in [6.07, 6.45) is 0.597. The van der Waals surface area contributed by atoms with E-state index in [9.17, 15) is 9.59 Å². The molecule has 2 amide bonds. The van der Waals surface area contributed by atoms with Crippen molar-refractivity contribution in [1.29, 1.82) is 0 Å². The molecule has 108 valence electrons. The smallest absolute Gasteiger partial charge is 0.250 e. The number of benzene rings is 1. The highest BCUT2D eigenvalue weighted by Gasteiger charge is 2.42. The Bertz CT molecular complexity index is 530. The largest absolute Gasteiger partial charge is 0.342 e. The van der Waals surface area contributed by atoms with Gasteiger partial charge < -0.3 is 5.32 Å². The molecule has 0 bridgehead atoms. The number of hydrogen-bond donors (Lipinski definition) is 1. The van der Waals surface area contributed by atoms with Crippen molar-refractivity contribution in [3.63, 3.8) is 0 Å². The van der Waals surface area contributed by atoms with Crippen LogP contribution in [0.3, 0.4) is 0 Å². The predicted molar refractivity (Wildman–Crippen MR) is 82.5 cm³/mol. The van der Waals surface area contributed by atoms with Gasteiger partial charge in [-0.3, -0.25) is 14.5 Å². The van der Waals surface area contributed by atoms with Crippen molar-refractivity contribution in [2.45, 2.75) is 39.3 Å². The van der Waals surface area contributed by atoms with Crippen LogP contribution in [0.1, 0.15) is 27.2 Å². The van der Waals surface area contributed by atoms with Crippen LogP contribution in [0.5, 0.6) is 0 Å². The first-order chi connectivity index (χ1) is 9.45. The highest BCUT2D eigenvalue weighted by Crippen LogP contribution is 2.28. The molecule has 20 heavy (non-hydrogen) atoms. The fourth-order valence-corrected chi connectivity index (χ4v) is 2.92. The van der Waals surface area contributed by atoms with Crippen LogP contribution in [0.2, 0.25) is 0 Å². The van der Waals surface area contributed by atoms with Crippen molar-refractivity contribution < 1.29 is 9.59 Å². The van der Waals surface area contributed by atoms with Crippen LogP contribution in [0.15, 0.2) is 28.7 Å². The third-order valence-electron chi connectivity index (χ3n) is 3.52. The number of halogens is 1. The van der Waals surface area contributed by atoms with E-state index in [1.807, 2.05) is 45.0 Å². The Morgan fingerprint density at radius 1 is 1.35 bits per heavy atom. The molecule has 0 radical (unpaired) electrons. The summed E-state index contributed by atoms with van der Waals surface area (Å²) in [7, 11) is 0. The first-order valence-corrected chi connectivity index (χ1v) is 7.64. The van der Waals surface area contributed by atoms with Crippen LogP contribution in [-0.4, -0.2) is 23.9 Å². The Labute approximate surface area is 127 Å². The van der Waals surface area contributed by atoms with Crippen molar-refractivity contribution in [2.75, 3.05) is 4.90 Å². The zero-order valence-electron chi connectivity index (χ0n) is 11.9. The summed E-state index contributed by atoms with van der Waals surface area (Å²) >= 11 is 3.41. The topological polar surface area (TPSA) is 49.4 Å². The van der Waals surface area contributed by atoms with E-state index in [0.29, 0.717) is 6.42 Å². The van der Waals surface area contributed by atoms with Crippen molar-refractivity contribution in [1.82, 2.24) is 5.32 Å². The maximum atomic E-state index is 12.6. The molecule has 1 aromatic rings. The lowest BCUT2D eigenvalue weighted by atomic mass is 9.95. The normalized spacial score (nSPS) is 23.1. The third kappa shape index (κ3) is 2.73. The second-order valence-electron chi connectivity index (χ2n) is 5.35. The van der Waals surface area contributed by atoms with E-state index in [4.69, 9.17) is 0 Å². The van der Waals surface area contributed by atoms with E-state index < -0.39 is 12.1 Å². The molecule has 2 rings (SSSR count). The zero-order chi connectivity index (χ0) is 14.9. The second-order valence-corrected chi connectivity index (χ2v) is 6.26. The van der Waals surface area contributed by atoms with Gasteiger partial charge in [-0.15, -0.1) is 0 Å². The van der Waals surface area contributed by atoms with Crippen LogP contribution < -0.4 is 10.2 Å². The molecule has 0 aromatic heterocycles. The summed E-state index contributed by atoms with van der Waals surface area (Å²) in [6.45, 7) is 5.81. The molecular weight excluding hydrogens is 320 g/mol. The van der Waals surface area contributed by atoms with Gasteiger partial charge in [0.25, 0.3) is 0 Å². The van der Waals surface area contributed by atoms with E-state index in [-0.39, 0.29) is 17.7 Å². The molecule has 4 nitrogen and oxygen atoms in total. The van der Waals surface area contributed by atoms with Gasteiger partial charge in [0.2, 0.25) is 11.8 Å². The van der Waals surface area contributed by atoms with Crippen LogP contribution in [-0.2, 0) is 9.59 Å². The highest BCUT2D eigenvalue weighted by atomic mass is 79.9. The summed E-state index contributed by atoms with van der Waals surface area (Å²) in [5, 5.41) is 2.82. The lowest BCUT2D eigenvalue weighted by Gasteiger charge is -2.40. The van der Waals surface area contributed by atoms with Gasteiger partial charge >= 0.3 is 0 Å². The number of hydrogen-bond acceptors (Lipinski definition) is 2. The average Bonchev–Trinajstić information content (AvgIpc) is 2.40. The molecule has 1 aliphatic heterocycles. The van der Waals surface area contributed by atoms with Crippen LogP contribution >= 0.6 is 15.9 Å². The number of nitrogens with zero attached hydrogens (tertiary/aromatic N) is 1. The average molecular weight is 339 g/mol. The standard InChI is InChI=1S/C15H19BrN2O2/c1-4-12-15(20)18(11-7-5-6-10(16)8-11)13(9(2)3)14(19)17-12/h5-9,12-13H,4H2,1-3H3,(H,17,19). The molecule has 2 unspecified atom stereocenters. The summed E-state index contributed by atoms with van der Waals surface area (Å²) in [5.41, 5.74) is 0.761. The summed E-state index contributed by atoms with van der Waals surface area (Å²) in [5.74, 6) is -0.0638. The highest BCUT2D eigenvalue weighted by molar-refractivity contribution is 9.10. The van der Waals surface area contributed by atoms with Crippen molar-refractivity contribution >= 4 is 33.4 Å². The number of rotatable bonds is 3. The van der Waals surface area contributed by atoms with Gasteiger partial charge in [0.15, 0.2) is 0 Å². The molecule has 5 heteroatoms. The van der Waals surface area contributed by atoms with E-state index in [1.165, 1.54) is 0 Å². The van der Waals surface area contributed by atoms with Gasteiger partial charge in [-0.25, -0.2) is 0 Å². The van der Waals surface area contributed by atoms with E-state index in [0.717, 1.165) is 10.2 Å². The van der Waals surface area contributed by atoms with E-state index in [1.54, 1.807) is 4.90 Å². The second kappa shape index (κ2) is 5.95. The van der Waals surface area contributed by atoms with Gasteiger partial charge in [-0.2, -0.15) is 0 Å². The lowest BCUT2D eigenvalue weighted by Crippen LogP contribution is -2.65. The summed E-state index contributed by atoms with van der Waals surface area (Å²) < 4.78 is 0.893. The minimum atomic E-state index is -0.459. The Morgan fingerprint density at radius 3 is 2.60 bits per heavy atom. The van der Waals surface area contributed by atoms with E-state index >= 15 is 0 Å². The number of carbonyl (C=O) groups is 2. The Morgan fingerprint density at radius 2 is 2.05 bits per heavy atom. The van der Waals surface area contributed by atoms with Crippen molar-refractivity contribution in [3.8, 4) is 0 Å². The van der Waals surface area contributed by atoms with Gasteiger partial charge in [-0.1, -0.05) is 42.8 Å². The molecule has 1 saturated heterocycles. The number of anilines is 1. The van der Waals surface area contributed by atoms with Gasteiger partial charge in [0.05, 0.1) is 0 Å². The third-order valence-corrected chi connectivity index (χ3v) is 4.02. The van der Waals surface area contributed by atoms with Crippen molar-refractivity contribution in [2.24, 2.45) is 5.92 Å². The molecule has 0 spiro atoms. The van der Waals surface area contributed by atoms with Crippen molar-refractivity contribution in [3.05, 3.63) is 28.7 Å². The minimum Gasteiger partial charge on any atom is -0.342 e. The number of piperazine rings is 1. The fourth-order valence-electron chi connectivity index (χ4n) is 2.53. The molecule has 1 fully saturated rings. The molecule has 0 saturated carbocycles. The molecule has 1 aromatic carbocycles. The maximum absolute atomic E-state index is 12.6. The van der Waals surface area contributed by atoms with Crippen LogP contribution in [0.25, 0.3) is 0 Å². The number of amides is 2. The predicted octanol–water partition coefficient (Wildman–Crippen LogP) is 2.72. The monoisotopic (exact) mass is 338 g/mol. The molecule has 1 N–H and O–H groups in total. The zero-order valence-corrected chi connectivity index (χ0v) is 13.5. The summed E-state index contributed by atoms with van der Waals surface area (Å²) in [6, 6.07) is 6.62. The van der Waals surface area contributed by atoms with Crippen LogP contribution in [0.4, 0.5) is 5.69 Å². The number of nitrogens with one attached hydrogen (secondary N) is 1. The molecule has 1 heterocycles. The Hall–Kier alpha value is -1.36.